The molecule has 1 atom stereocenters. The Morgan fingerprint density at radius 1 is 0.824 bits per heavy atom. The summed E-state index contributed by atoms with van der Waals surface area (Å²) >= 11 is 0. The van der Waals surface area contributed by atoms with E-state index in [1.165, 1.54) is 12.1 Å². The van der Waals surface area contributed by atoms with Crippen molar-refractivity contribution in [2.75, 3.05) is 18.4 Å². The Hall–Kier alpha value is -4.33. The van der Waals surface area contributed by atoms with Gasteiger partial charge in [-0.15, -0.1) is 0 Å². The highest BCUT2D eigenvalue weighted by Crippen LogP contribution is 2.42. The molecular formula is C26H25FN6O. The van der Waals surface area contributed by atoms with Crippen LogP contribution in [0.25, 0.3) is 0 Å². The van der Waals surface area contributed by atoms with Crippen LogP contribution in [0.5, 0.6) is 0 Å². The van der Waals surface area contributed by atoms with Crippen molar-refractivity contribution in [2.45, 2.75) is 11.8 Å². The van der Waals surface area contributed by atoms with Gasteiger partial charge in [0.25, 0.3) is 0 Å². The Balaban J connectivity index is 1.77. The molecule has 0 aliphatic heterocycles. The Kier molecular flexibility index (Phi) is 7.39. The molecule has 0 fully saturated rings. The molecule has 3 aromatic heterocycles. The van der Waals surface area contributed by atoms with Crippen LogP contribution in [0.3, 0.4) is 0 Å². The van der Waals surface area contributed by atoms with Crippen LogP contribution in [-0.4, -0.2) is 34.1 Å². The van der Waals surface area contributed by atoms with Gasteiger partial charge in [-0.2, -0.15) is 0 Å². The summed E-state index contributed by atoms with van der Waals surface area (Å²) in [6.45, 7) is 0.839. The molecule has 0 aliphatic rings. The third-order valence-corrected chi connectivity index (χ3v) is 5.47. The maximum Gasteiger partial charge on any atom is 0.312 e. The normalized spacial score (nSPS) is 11.7. The van der Waals surface area contributed by atoms with Crippen molar-refractivity contribution in [2.24, 2.45) is 5.73 Å². The van der Waals surface area contributed by atoms with Gasteiger partial charge in [0, 0.05) is 49.7 Å². The predicted octanol–water partition coefficient (Wildman–Crippen LogP) is 4.05. The minimum absolute atomic E-state index is 0.160. The molecule has 3 heterocycles. The molecule has 1 aromatic carbocycles. The zero-order valence-electron chi connectivity index (χ0n) is 18.4. The zero-order chi connectivity index (χ0) is 23.8. The number of pyridine rings is 3. The van der Waals surface area contributed by atoms with Crippen molar-refractivity contribution in [3.63, 3.8) is 0 Å². The number of primary amides is 1. The van der Waals surface area contributed by atoms with Crippen LogP contribution in [0.2, 0.25) is 0 Å². The number of benzene rings is 1. The Bertz CT molecular complexity index is 1170. The van der Waals surface area contributed by atoms with Crippen molar-refractivity contribution >= 4 is 11.8 Å². The van der Waals surface area contributed by atoms with Gasteiger partial charge in [-0.25, -0.2) is 14.2 Å². The molecule has 4 aromatic rings. The van der Waals surface area contributed by atoms with Gasteiger partial charge in [0.15, 0.2) is 0 Å². The second-order valence-electron chi connectivity index (χ2n) is 7.75. The standard InChI is InChI=1S/C26H25FN6O/c27-21-10-8-18(9-11-21)25(22-6-1-7-23(33-22)31-14-15-32-26(28)34)24(19-4-2-12-29-16-19)20-5-3-13-30-17-20/h1-13,16-17,24-25H,14-15H2,(H,31,33)(H3,28,32,34). The molecule has 0 saturated heterocycles. The number of hydrogen-bond donors (Lipinski definition) is 3. The number of nitrogens with two attached hydrogens (primary N) is 1. The van der Waals surface area contributed by atoms with Gasteiger partial charge >= 0.3 is 6.03 Å². The minimum atomic E-state index is -0.573. The van der Waals surface area contributed by atoms with Gasteiger partial charge in [0.05, 0.1) is 5.69 Å². The number of carbonyl (C=O) groups is 1. The first-order valence-corrected chi connectivity index (χ1v) is 10.9. The Labute approximate surface area is 197 Å². The van der Waals surface area contributed by atoms with Gasteiger partial charge in [-0.1, -0.05) is 30.3 Å². The smallest absolute Gasteiger partial charge is 0.312 e. The predicted molar refractivity (Wildman–Crippen MR) is 129 cm³/mol. The van der Waals surface area contributed by atoms with Crippen LogP contribution in [0, 0.1) is 5.82 Å². The lowest BCUT2D eigenvalue weighted by Gasteiger charge is -2.28. The third kappa shape index (κ3) is 5.72. The number of amides is 2. The van der Waals surface area contributed by atoms with Crippen LogP contribution < -0.4 is 16.4 Å². The summed E-state index contributed by atoms with van der Waals surface area (Å²) in [7, 11) is 0. The van der Waals surface area contributed by atoms with Crippen LogP contribution >= 0.6 is 0 Å². The molecule has 4 rings (SSSR count). The molecule has 0 saturated carbocycles. The summed E-state index contributed by atoms with van der Waals surface area (Å²) in [6, 6.07) is 19.5. The topological polar surface area (TPSA) is 106 Å². The summed E-state index contributed by atoms with van der Waals surface area (Å²) in [6.07, 6.45) is 7.15. The number of carbonyl (C=O) groups excluding carboxylic acids is 1. The van der Waals surface area contributed by atoms with E-state index in [1.54, 1.807) is 24.5 Å². The second kappa shape index (κ2) is 11.0. The number of aromatic nitrogens is 3. The van der Waals surface area contributed by atoms with Gasteiger partial charge in [0.1, 0.15) is 11.6 Å². The van der Waals surface area contributed by atoms with E-state index in [0.717, 1.165) is 22.4 Å². The van der Waals surface area contributed by atoms with Crippen LogP contribution in [0.1, 0.15) is 34.2 Å². The summed E-state index contributed by atoms with van der Waals surface area (Å²) in [4.78, 5) is 24.5. The number of anilines is 1. The van der Waals surface area contributed by atoms with Crippen LogP contribution in [0.15, 0.2) is 91.5 Å². The fraction of sp³-hybridized carbons (Fsp3) is 0.154. The molecule has 1 unspecified atom stereocenters. The second-order valence-corrected chi connectivity index (χ2v) is 7.75. The molecule has 4 N–H and O–H groups in total. The molecule has 8 heteroatoms. The van der Waals surface area contributed by atoms with Crippen molar-refractivity contribution in [3.05, 3.63) is 120 Å². The molecular weight excluding hydrogens is 431 g/mol. The molecule has 0 spiro atoms. The van der Waals surface area contributed by atoms with Crippen molar-refractivity contribution in [1.29, 1.82) is 0 Å². The average Bonchev–Trinajstić information content (AvgIpc) is 2.87. The van der Waals surface area contributed by atoms with Crippen LogP contribution in [0.4, 0.5) is 15.0 Å². The number of rotatable bonds is 9. The fourth-order valence-corrected chi connectivity index (χ4v) is 4.00. The van der Waals surface area contributed by atoms with E-state index in [2.05, 4.69) is 20.6 Å². The monoisotopic (exact) mass is 456 g/mol. The SMILES string of the molecule is NC(=O)NCCNc1cccc(C(c2ccc(F)cc2)C(c2cccnc2)c2cccnc2)n1. The van der Waals surface area contributed by atoms with E-state index >= 15 is 0 Å². The van der Waals surface area contributed by atoms with Gasteiger partial charge in [-0.05, 0) is 53.1 Å². The summed E-state index contributed by atoms with van der Waals surface area (Å²) in [5, 5.41) is 5.75. The lowest BCUT2D eigenvalue weighted by molar-refractivity contribution is 0.249. The lowest BCUT2D eigenvalue weighted by Crippen LogP contribution is -2.33. The van der Waals surface area contributed by atoms with Gasteiger partial charge < -0.3 is 16.4 Å². The van der Waals surface area contributed by atoms with Crippen molar-refractivity contribution in [1.82, 2.24) is 20.3 Å². The molecule has 0 aliphatic carbocycles. The highest BCUT2D eigenvalue weighted by atomic mass is 19.1. The first kappa shape index (κ1) is 22.8. The quantitative estimate of drug-likeness (QED) is 0.330. The van der Waals surface area contributed by atoms with E-state index in [4.69, 9.17) is 10.7 Å². The van der Waals surface area contributed by atoms with E-state index in [-0.39, 0.29) is 17.7 Å². The van der Waals surface area contributed by atoms with Crippen molar-refractivity contribution < 1.29 is 9.18 Å². The zero-order valence-corrected chi connectivity index (χ0v) is 18.4. The van der Waals surface area contributed by atoms with Gasteiger partial charge in [0.2, 0.25) is 0 Å². The minimum Gasteiger partial charge on any atom is -0.368 e. The number of halogens is 1. The maximum atomic E-state index is 13.8. The molecule has 34 heavy (non-hydrogen) atoms. The van der Waals surface area contributed by atoms with E-state index in [9.17, 15) is 9.18 Å². The molecule has 7 nitrogen and oxygen atoms in total. The Morgan fingerprint density at radius 3 is 2.09 bits per heavy atom. The molecule has 172 valence electrons. The highest BCUT2D eigenvalue weighted by molar-refractivity contribution is 5.71. The maximum absolute atomic E-state index is 13.8. The first-order chi connectivity index (χ1) is 16.6. The highest BCUT2D eigenvalue weighted by Gasteiger charge is 2.30. The average molecular weight is 457 g/mol. The summed E-state index contributed by atoms with van der Waals surface area (Å²) < 4.78 is 13.8. The van der Waals surface area contributed by atoms with Crippen LogP contribution in [-0.2, 0) is 0 Å². The number of hydrogen-bond acceptors (Lipinski definition) is 5. The van der Waals surface area contributed by atoms with E-state index in [0.29, 0.717) is 18.9 Å². The first-order valence-electron chi connectivity index (χ1n) is 10.9. The summed E-state index contributed by atoms with van der Waals surface area (Å²) in [5.41, 5.74) is 8.84. The number of nitrogens with one attached hydrogen (secondary N) is 2. The fourth-order valence-electron chi connectivity index (χ4n) is 4.00. The largest absolute Gasteiger partial charge is 0.368 e. The van der Waals surface area contributed by atoms with E-state index in [1.807, 2.05) is 54.9 Å². The molecule has 0 bridgehead atoms. The Morgan fingerprint density at radius 2 is 1.50 bits per heavy atom. The van der Waals surface area contributed by atoms with Crippen molar-refractivity contribution in [3.8, 4) is 0 Å². The van der Waals surface area contributed by atoms with Gasteiger partial charge in [-0.3, -0.25) is 9.97 Å². The van der Waals surface area contributed by atoms with E-state index < -0.39 is 6.03 Å². The molecule has 2 amide bonds. The number of nitrogens with zero attached hydrogens (tertiary/aromatic N) is 3. The third-order valence-electron chi connectivity index (χ3n) is 5.47. The molecule has 0 radical (unpaired) electrons. The summed E-state index contributed by atoms with van der Waals surface area (Å²) in [5.74, 6) is -0.0363. The number of urea groups is 1. The lowest BCUT2D eigenvalue weighted by atomic mass is 9.76.